The molecule has 3 nitrogen and oxygen atoms in total. The number of piperidine rings is 1. The molecule has 0 N–H and O–H groups in total. The van der Waals surface area contributed by atoms with Gasteiger partial charge >= 0.3 is 0 Å². The van der Waals surface area contributed by atoms with Gasteiger partial charge in [-0.1, -0.05) is 56.3 Å². The maximum atomic E-state index is 13.5. The van der Waals surface area contributed by atoms with Crippen LogP contribution < -0.4 is 0 Å². The molecular formula is C30H35F2N3. The fourth-order valence-electron chi connectivity index (χ4n) is 5.11. The minimum Gasteiger partial charge on any atom is -0.303 e. The number of rotatable bonds is 7. The summed E-state index contributed by atoms with van der Waals surface area (Å²) in [5.41, 5.74) is 3.37. The van der Waals surface area contributed by atoms with Crippen molar-refractivity contribution < 1.29 is 8.78 Å². The molecule has 184 valence electrons. The van der Waals surface area contributed by atoms with E-state index < -0.39 is 0 Å². The van der Waals surface area contributed by atoms with E-state index in [4.69, 9.17) is 0 Å². The lowest BCUT2D eigenvalue weighted by atomic mass is 9.87. The van der Waals surface area contributed by atoms with E-state index in [0.717, 1.165) is 56.4 Å². The Labute approximate surface area is 207 Å². The van der Waals surface area contributed by atoms with E-state index in [1.807, 2.05) is 44.3 Å². The smallest absolute Gasteiger partial charge is 0.123 e. The second-order valence-electron chi connectivity index (χ2n) is 9.02. The van der Waals surface area contributed by atoms with Crippen molar-refractivity contribution in [3.05, 3.63) is 102 Å². The van der Waals surface area contributed by atoms with Crippen molar-refractivity contribution in [2.24, 2.45) is 0 Å². The van der Waals surface area contributed by atoms with Crippen molar-refractivity contribution in [3.63, 3.8) is 0 Å². The lowest BCUT2D eigenvalue weighted by Gasteiger charge is -2.32. The number of nitrogens with zero attached hydrogens (tertiary/aromatic N) is 3. The van der Waals surface area contributed by atoms with Crippen LogP contribution in [0.15, 0.2) is 79.0 Å². The molecule has 0 atom stereocenters. The predicted molar refractivity (Wildman–Crippen MR) is 140 cm³/mol. The molecule has 1 saturated heterocycles. The van der Waals surface area contributed by atoms with Gasteiger partial charge in [0.15, 0.2) is 0 Å². The number of likely N-dealkylation sites (tertiary alicyclic amines) is 1. The maximum absolute atomic E-state index is 13.5. The molecule has 0 bridgehead atoms. The van der Waals surface area contributed by atoms with Crippen molar-refractivity contribution in [1.29, 1.82) is 0 Å². The third-order valence-corrected chi connectivity index (χ3v) is 6.92. The van der Waals surface area contributed by atoms with Gasteiger partial charge in [-0.25, -0.2) is 8.78 Å². The van der Waals surface area contributed by atoms with Crippen LogP contribution >= 0.6 is 0 Å². The Balaban J connectivity index is 0.00000141. The van der Waals surface area contributed by atoms with Crippen molar-refractivity contribution in [3.8, 4) is 0 Å². The van der Waals surface area contributed by atoms with Gasteiger partial charge in [0.1, 0.15) is 11.6 Å². The summed E-state index contributed by atoms with van der Waals surface area (Å²) in [4.78, 5) is 2.54. The SMILES string of the molecule is CC.Fc1ccc(C(CCCN2CCC(n3ncc4ccccc43)CC2)c2ccc(F)cc2)cc1. The zero-order valence-electron chi connectivity index (χ0n) is 20.7. The molecule has 0 unspecified atom stereocenters. The van der Waals surface area contributed by atoms with Crippen molar-refractivity contribution in [2.45, 2.75) is 51.5 Å². The molecule has 0 amide bonds. The minimum absolute atomic E-state index is 0.138. The van der Waals surface area contributed by atoms with E-state index in [0.29, 0.717) is 6.04 Å². The first-order chi connectivity index (χ1) is 17.2. The molecule has 4 aromatic rings. The van der Waals surface area contributed by atoms with Gasteiger partial charge in [-0.3, -0.25) is 4.68 Å². The Bertz CT molecular complexity index is 1130. The summed E-state index contributed by atoms with van der Waals surface area (Å²) in [5.74, 6) is -0.326. The molecule has 0 aliphatic carbocycles. The van der Waals surface area contributed by atoms with Gasteiger partial charge in [0.05, 0.1) is 17.8 Å². The Morgan fingerprint density at radius 3 is 2.00 bits per heavy atom. The van der Waals surface area contributed by atoms with Gasteiger partial charge < -0.3 is 4.90 Å². The number of hydrogen-bond acceptors (Lipinski definition) is 2. The Kier molecular flexibility index (Phi) is 8.64. The highest BCUT2D eigenvalue weighted by atomic mass is 19.1. The van der Waals surface area contributed by atoms with E-state index in [-0.39, 0.29) is 17.6 Å². The lowest BCUT2D eigenvalue weighted by Crippen LogP contribution is -2.35. The normalized spacial score (nSPS) is 14.8. The van der Waals surface area contributed by atoms with E-state index in [9.17, 15) is 8.78 Å². The summed E-state index contributed by atoms with van der Waals surface area (Å²) in [6.45, 7) is 7.17. The Hall–Kier alpha value is -3.05. The van der Waals surface area contributed by atoms with Crippen LogP contribution in [0.4, 0.5) is 8.78 Å². The first-order valence-corrected chi connectivity index (χ1v) is 12.8. The summed E-state index contributed by atoms with van der Waals surface area (Å²) in [7, 11) is 0. The molecule has 0 saturated carbocycles. The van der Waals surface area contributed by atoms with E-state index in [2.05, 4.69) is 38.9 Å². The molecule has 0 radical (unpaired) electrons. The topological polar surface area (TPSA) is 21.1 Å². The fourth-order valence-corrected chi connectivity index (χ4v) is 5.11. The standard InChI is InChI=1S/C28H29F2N3.C2H6/c29-24-11-7-21(8-12-24)27(22-9-13-25(30)14-10-22)5-3-17-32-18-15-26(16-19-32)33-28-6-2-1-4-23(28)20-31-33;1-2/h1-2,4,6-14,20,26-27H,3,5,15-19H2;1-2H3. The maximum Gasteiger partial charge on any atom is 0.123 e. The molecule has 1 aromatic heterocycles. The van der Waals surface area contributed by atoms with Gasteiger partial charge in [0, 0.05) is 24.4 Å². The minimum atomic E-state index is -0.232. The third-order valence-electron chi connectivity index (χ3n) is 6.92. The average molecular weight is 476 g/mol. The highest BCUT2D eigenvalue weighted by Crippen LogP contribution is 2.31. The predicted octanol–water partition coefficient (Wildman–Crippen LogP) is 7.59. The summed E-state index contributed by atoms with van der Waals surface area (Å²) >= 11 is 0. The highest BCUT2D eigenvalue weighted by Gasteiger charge is 2.22. The van der Waals surface area contributed by atoms with Crippen molar-refractivity contribution >= 4 is 10.9 Å². The van der Waals surface area contributed by atoms with E-state index >= 15 is 0 Å². The summed E-state index contributed by atoms with van der Waals surface area (Å²) in [6, 6.07) is 22.3. The molecule has 5 rings (SSSR count). The van der Waals surface area contributed by atoms with Crippen LogP contribution in [0.2, 0.25) is 0 Å². The van der Waals surface area contributed by atoms with Gasteiger partial charge in [0.2, 0.25) is 0 Å². The van der Waals surface area contributed by atoms with Crippen LogP contribution in [0.1, 0.15) is 62.6 Å². The van der Waals surface area contributed by atoms with Gasteiger partial charge in [0.25, 0.3) is 0 Å². The second-order valence-corrected chi connectivity index (χ2v) is 9.02. The molecule has 1 aliphatic heterocycles. The molecular weight excluding hydrogens is 440 g/mol. The number of benzene rings is 3. The van der Waals surface area contributed by atoms with Crippen LogP contribution in [-0.2, 0) is 0 Å². The number of hydrogen-bond donors (Lipinski definition) is 0. The van der Waals surface area contributed by atoms with Crippen molar-refractivity contribution in [1.82, 2.24) is 14.7 Å². The molecule has 0 spiro atoms. The first-order valence-electron chi connectivity index (χ1n) is 12.8. The lowest BCUT2D eigenvalue weighted by molar-refractivity contribution is 0.179. The quantitative estimate of drug-likeness (QED) is 0.275. The van der Waals surface area contributed by atoms with Crippen LogP contribution in [0.3, 0.4) is 0 Å². The fraction of sp³-hybridized carbons (Fsp3) is 0.367. The van der Waals surface area contributed by atoms with Crippen LogP contribution in [0.25, 0.3) is 10.9 Å². The number of aromatic nitrogens is 2. The largest absolute Gasteiger partial charge is 0.303 e. The van der Waals surface area contributed by atoms with E-state index in [1.54, 1.807) is 0 Å². The van der Waals surface area contributed by atoms with Gasteiger partial charge in [-0.15, -0.1) is 0 Å². The monoisotopic (exact) mass is 475 g/mol. The molecule has 3 aromatic carbocycles. The van der Waals surface area contributed by atoms with Gasteiger partial charge in [-0.2, -0.15) is 5.10 Å². The Morgan fingerprint density at radius 1 is 0.829 bits per heavy atom. The summed E-state index contributed by atoms with van der Waals surface area (Å²) in [5, 5.41) is 5.86. The molecule has 2 heterocycles. The zero-order chi connectivity index (χ0) is 24.6. The highest BCUT2D eigenvalue weighted by molar-refractivity contribution is 5.78. The number of halogens is 2. The molecule has 5 heteroatoms. The summed E-state index contributed by atoms with van der Waals surface area (Å²) in [6.07, 6.45) is 6.15. The summed E-state index contributed by atoms with van der Waals surface area (Å²) < 4.78 is 29.1. The van der Waals surface area contributed by atoms with E-state index in [1.165, 1.54) is 35.2 Å². The van der Waals surface area contributed by atoms with Crippen molar-refractivity contribution in [2.75, 3.05) is 19.6 Å². The number of para-hydroxylation sites is 1. The van der Waals surface area contributed by atoms with Gasteiger partial charge in [-0.05, 0) is 73.7 Å². The molecule has 1 fully saturated rings. The Morgan fingerprint density at radius 2 is 1.40 bits per heavy atom. The van der Waals surface area contributed by atoms with Crippen LogP contribution in [0, 0.1) is 11.6 Å². The van der Waals surface area contributed by atoms with Crippen LogP contribution in [-0.4, -0.2) is 34.3 Å². The molecule has 35 heavy (non-hydrogen) atoms. The zero-order valence-corrected chi connectivity index (χ0v) is 20.7. The van der Waals surface area contributed by atoms with Crippen LogP contribution in [0.5, 0.6) is 0 Å². The number of fused-ring (bicyclic) bond motifs is 1. The average Bonchev–Trinajstić information content (AvgIpc) is 3.34. The second kappa shape index (κ2) is 12.1. The first kappa shape index (κ1) is 25.1. The third kappa shape index (κ3) is 6.15. The molecule has 1 aliphatic rings.